The molecule has 0 spiro atoms. The number of ether oxygens (including phenoxy) is 1. The predicted molar refractivity (Wildman–Crippen MR) is 168 cm³/mol. The second kappa shape index (κ2) is 11.6. The molecule has 7 nitrogen and oxygen atoms in total. The van der Waals surface area contributed by atoms with Gasteiger partial charge in [-0.05, 0) is 60.6 Å². The number of likely N-dealkylation sites (tertiary alicyclic amines) is 1. The number of benzene rings is 3. The highest BCUT2D eigenvalue weighted by molar-refractivity contribution is 6.31. The number of allylic oxidation sites excluding steroid dienone is 4. The van der Waals surface area contributed by atoms with E-state index in [4.69, 9.17) is 0 Å². The number of alkyl halides is 3. The zero-order valence-corrected chi connectivity index (χ0v) is 25.9. The zero-order chi connectivity index (χ0) is 34.0. The van der Waals surface area contributed by atoms with E-state index < -0.39 is 58.6 Å². The Morgan fingerprint density at radius 2 is 1.60 bits per heavy atom. The second-order valence-corrected chi connectivity index (χ2v) is 12.9. The molecule has 246 valence electrons. The van der Waals surface area contributed by atoms with Gasteiger partial charge in [-0.25, -0.2) is 0 Å². The van der Waals surface area contributed by atoms with Crippen LogP contribution in [0.25, 0.3) is 5.57 Å². The highest BCUT2D eigenvalue weighted by atomic mass is 19.4. The van der Waals surface area contributed by atoms with E-state index in [1.807, 2.05) is 6.92 Å². The first-order chi connectivity index (χ1) is 23.0. The van der Waals surface area contributed by atoms with Crippen molar-refractivity contribution in [2.24, 2.45) is 23.7 Å². The summed E-state index contributed by atoms with van der Waals surface area (Å²) in [5.74, 6) is -6.93. The quantitative estimate of drug-likeness (QED) is 0.240. The average Bonchev–Trinajstić information content (AvgIpc) is 3.31. The number of rotatable bonds is 6. The fraction of sp³-hybridized carbons (Fsp3) is 0.316. The number of hydrogen-bond donors (Lipinski definition) is 1. The van der Waals surface area contributed by atoms with Crippen molar-refractivity contribution in [3.63, 3.8) is 0 Å². The molecule has 0 bridgehead atoms. The van der Waals surface area contributed by atoms with Crippen LogP contribution in [0.4, 0.5) is 13.2 Å². The molecule has 7 rings (SSSR count). The Labute approximate surface area is 274 Å². The summed E-state index contributed by atoms with van der Waals surface area (Å²) in [6.07, 6.45) is -1.17. The largest absolute Gasteiger partial charge is 0.573 e. The Hall–Kier alpha value is -4.99. The monoisotopic (exact) mass is 655 g/mol. The molecule has 0 aromatic heterocycles. The fourth-order valence-corrected chi connectivity index (χ4v) is 8.69. The first-order valence-electron chi connectivity index (χ1n) is 16.0. The highest BCUT2D eigenvalue weighted by Crippen LogP contribution is 2.64. The molecular weight excluding hydrogens is 623 g/mol. The molecule has 1 saturated carbocycles. The molecule has 3 aliphatic carbocycles. The third-order valence-corrected chi connectivity index (χ3v) is 10.5. The van der Waals surface area contributed by atoms with Crippen molar-refractivity contribution in [3.8, 4) is 11.5 Å². The number of carbonyl (C=O) groups is 4. The summed E-state index contributed by atoms with van der Waals surface area (Å²) < 4.78 is 44.6. The number of ketones is 2. The van der Waals surface area contributed by atoms with Crippen molar-refractivity contribution in [3.05, 3.63) is 113 Å². The predicted octanol–water partition coefficient (Wildman–Crippen LogP) is 6.53. The summed E-state index contributed by atoms with van der Waals surface area (Å²) in [5.41, 5.74) is -0.0364. The van der Waals surface area contributed by atoms with E-state index in [1.54, 1.807) is 66.7 Å². The molecule has 0 unspecified atom stereocenters. The Balaban J connectivity index is 1.51. The summed E-state index contributed by atoms with van der Waals surface area (Å²) in [6.45, 7) is 2.10. The molecule has 1 aliphatic heterocycles. The lowest BCUT2D eigenvalue weighted by atomic mass is 9.44. The van der Waals surface area contributed by atoms with E-state index in [1.165, 1.54) is 11.0 Å². The molecule has 1 heterocycles. The van der Waals surface area contributed by atoms with Gasteiger partial charge in [0.05, 0.1) is 17.3 Å². The number of imide groups is 1. The van der Waals surface area contributed by atoms with Gasteiger partial charge < -0.3 is 9.84 Å². The van der Waals surface area contributed by atoms with E-state index in [0.717, 1.165) is 18.2 Å². The van der Waals surface area contributed by atoms with Crippen molar-refractivity contribution in [1.29, 1.82) is 0 Å². The minimum absolute atomic E-state index is 0.0418. The number of aromatic hydroxyl groups is 1. The molecule has 0 radical (unpaired) electrons. The third-order valence-electron chi connectivity index (χ3n) is 10.5. The molecule has 4 aliphatic rings. The number of hydrogen-bond acceptors (Lipinski definition) is 6. The Morgan fingerprint density at radius 1 is 0.917 bits per heavy atom. The van der Waals surface area contributed by atoms with Crippen LogP contribution in [-0.2, 0) is 24.6 Å². The number of halogens is 3. The lowest BCUT2D eigenvalue weighted by Crippen LogP contribution is -2.58. The Bertz CT molecular complexity index is 1880. The van der Waals surface area contributed by atoms with Gasteiger partial charge >= 0.3 is 6.36 Å². The van der Waals surface area contributed by atoms with Crippen LogP contribution in [0.3, 0.4) is 0 Å². The van der Waals surface area contributed by atoms with Crippen LogP contribution in [0, 0.1) is 23.7 Å². The van der Waals surface area contributed by atoms with Crippen LogP contribution in [0.15, 0.2) is 96.6 Å². The van der Waals surface area contributed by atoms with Gasteiger partial charge in [-0.1, -0.05) is 79.2 Å². The summed E-state index contributed by atoms with van der Waals surface area (Å²) >= 11 is 0. The first-order valence-corrected chi connectivity index (χ1v) is 16.0. The van der Waals surface area contributed by atoms with Gasteiger partial charge in [0.1, 0.15) is 11.5 Å². The minimum atomic E-state index is -5.04. The smallest absolute Gasteiger partial charge is 0.508 e. The number of fused-ring (bicyclic) bond motifs is 4. The maximum atomic E-state index is 15.0. The molecule has 2 amide bonds. The van der Waals surface area contributed by atoms with Crippen molar-refractivity contribution in [1.82, 2.24) is 4.90 Å². The standard InChI is InChI=1S/C38H32F3NO6/c1-2-17-42-35(46)25-15-14-24-27(32(25)36(42)47)19-29-34(45)26(21-9-5-3-6-10-21)20-31(44)37(29,22-11-7-4-8-12-22)33(24)28-18-23(13-16-30(28)43)48-38(39,40)41/h3-14,16,18,20,25,27,29,32-33,43H,2,15,17,19H2,1H3/t25-,27+,29-,32-,33+,37-/m0/s1. The summed E-state index contributed by atoms with van der Waals surface area (Å²) in [6, 6.07) is 20.4. The minimum Gasteiger partial charge on any atom is -0.508 e. The lowest BCUT2D eigenvalue weighted by molar-refractivity contribution is -0.274. The number of phenolic OH excluding ortho intramolecular Hbond substituents is 1. The van der Waals surface area contributed by atoms with E-state index >= 15 is 0 Å². The maximum absolute atomic E-state index is 15.0. The molecule has 2 fully saturated rings. The molecule has 1 saturated heterocycles. The van der Waals surface area contributed by atoms with Crippen molar-refractivity contribution < 1.29 is 42.2 Å². The van der Waals surface area contributed by atoms with E-state index in [0.29, 0.717) is 23.1 Å². The SMILES string of the molecule is CCCN1C(=O)[C@H]2[C@H](CC=C3[C@H]2C[C@H]2C(=O)C(c4ccccc4)=CC(=O)[C@@]2(c2ccccc2)[C@H]3c2cc(OC(F)(F)F)ccc2O)C1=O. The zero-order valence-electron chi connectivity index (χ0n) is 25.9. The second-order valence-electron chi connectivity index (χ2n) is 12.9. The van der Waals surface area contributed by atoms with Gasteiger partial charge in [-0.15, -0.1) is 13.2 Å². The third kappa shape index (κ3) is 4.79. The molecule has 48 heavy (non-hydrogen) atoms. The normalized spacial score (nSPS) is 28.3. The van der Waals surface area contributed by atoms with Crippen molar-refractivity contribution >= 4 is 29.0 Å². The topological polar surface area (TPSA) is 101 Å². The number of carbonyl (C=O) groups excluding carboxylic acids is 4. The van der Waals surface area contributed by atoms with Crippen LogP contribution in [-0.4, -0.2) is 46.3 Å². The van der Waals surface area contributed by atoms with E-state index in [-0.39, 0.29) is 48.1 Å². The molecule has 1 N–H and O–H groups in total. The van der Waals surface area contributed by atoms with Crippen LogP contribution < -0.4 is 4.74 Å². The molecule has 3 aromatic rings. The van der Waals surface area contributed by atoms with E-state index in [9.17, 15) is 37.5 Å². The molecule has 3 aromatic carbocycles. The number of phenols is 1. The molecular formula is C38H32F3NO6. The summed E-state index contributed by atoms with van der Waals surface area (Å²) in [5, 5.41) is 11.4. The summed E-state index contributed by atoms with van der Waals surface area (Å²) in [7, 11) is 0. The fourth-order valence-electron chi connectivity index (χ4n) is 8.69. The van der Waals surface area contributed by atoms with E-state index in [2.05, 4.69) is 4.74 Å². The maximum Gasteiger partial charge on any atom is 0.573 e. The van der Waals surface area contributed by atoms with Gasteiger partial charge in [0.15, 0.2) is 11.6 Å². The molecule has 10 heteroatoms. The van der Waals surface area contributed by atoms with Crippen LogP contribution in [0.1, 0.15) is 48.8 Å². The van der Waals surface area contributed by atoms with Crippen molar-refractivity contribution in [2.45, 2.75) is 43.9 Å². The number of amides is 2. The first kappa shape index (κ1) is 31.6. The van der Waals surface area contributed by atoms with Crippen LogP contribution in [0.2, 0.25) is 0 Å². The van der Waals surface area contributed by atoms with Gasteiger partial charge in [-0.3, -0.25) is 24.1 Å². The van der Waals surface area contributed by atoms with Crippen LogP contribution in [0.5, 0.6) is 11.5 Å². The van der Waals surface area contributed by atoms with Gasteiger partial charge in [0, 0.05) is 29.5 Å². The lowest BCUT2D eigenvalue weighted by Gasteiger charge is -2.55. The number of nitrogens with zero attached hydrogens (tertiary/aromatic N) is 1. The highest BCUT2D eigenvalue weighted by Gasteiger charge is 2.66. The molecule has 6 atom stereocenters. The average molecular weight is 656 g/mol. The Morgan fingerprint density at radius 3 is 2.27 bits per heavy atom. The van der Waals surface area contributed by atoms with Crippen LogP contribution >= 0.6 is 0 Å². The number of Topliss-reactive ketones (excluding diaryl/α,β-unsaturated/α-hetero) is 1. The Kier molecular flexibility index (Phi) is 7.64. The van der Waals surface area contributed by atoms with Gasteiger partial charge in [0.2, 0.25) is 11.8 Å². The van der Waals surface area contributed by atoms with Gasteiger partial charge in [0.25, 0.3) is 0 Å². The summed E-state index contributed by atoms with van der Waals surface area (Å²) in [4.78, 5) is 58.5. The van der Waals surface area contributed by atoms with Gasteiger partial charge in [-0.2, -0.15) is 0 Å². The van der Waals surface area contributed by atoms with Crippen molar-refractivity contribution in [2.75, 3.05) is 6.54 Å².